The number of Topliss-reactive ketones (excluding diaryl/α,β-unsaturated/α-hetero) is 1. The van der Waals surface area contributed by atoms with Crippen molar-refractivity contribution in [1.29, 1.82) is 5.26 Å². The van der Waals surface area contributed by atoms with Crippen molar-refractivity contribution >= 4 is 5.78 Å². The average molecular weight is 177 g/mol. The van der Waals surface area contributed by atoms with Crippen molar-refractivity contribution in [2.45, 2.75) is 33.1 Å². The van der Waals surface area contributed by atoms with Crippen LogP contribution in [-0.2, 0) is 4.79 Å². The molecule has 0 amide bonds. The maximum Gasteiger partial charge on any atom is 0.136 e. The molecule has 2 saturated carbocycles. The van der Waals surface area contributed by atoms with Gasteiger partial charge in [-0.2, -0.15) is 5.26 Å². The topological polar surface area (TPSA) is 40.9 Å². The van der Waals surface area contributed by atoms with E-state index >= 15 is 0 Å². The second-order valence-electron chi connectivity index (χ2n) is 5.25. The summed E-state index contributed by atoms with van der Waals surface area (Å²) in [5, 5.41) is 8.82. The van der Waals surface area contributed by atoms with Crippen LogP contribution in [0.25, 0.3) is 0 Å². The second kappa shape index (κ2) is 2.57. The number of fused-ring (bicyclic) bond motifs is 1. The van der Waals surface area contributed by atoms with Crippen LogP contribution in [0.2, 0.25) is 0 Å². The normalized spacial score (nSPS) is 41.6. The molecular formula is C11H15NO. The van der Waals surface area contributed by atoms with Gasteiger partial charge in [-0.05, 0) is 24.2 Å². The largest absolute Gasteiger partial charge is 0.299 e. The van der Waals surface area contributed by atoms with Crippen molar-refractivity contribution in [2.24, 2.45) is 23.2 Å². The fourth-order valence-corrected chi connectivity index (χ4v) is 2.82. The summed E-state index contributed by atoms with van der Waals surface area (Å²) in [6.07, 6.45) is 2.60. The predicted octanol–water partition coefficient (Wildman–Crippen LogP) is 2.15. The van der Waals surface area contributed by atoms with Gasteiger partial charge in [-0.1, -0.05) is 13.8 Å². The Kier molecular flexibility index (Phi) is 1.73. The third-order valence-electron chi connectivity index (χ3n) is 3.56. The minimum Gasteiger partial charge on any atom is -0.299 e. The fraction of sp³-hybridized carbons (Fsp3) is 0.818. The Morgan fingerprint density at radius 1 is 1.54 bits per heavy atom. The van der Waals surface area contributed by atoms with Gasteiger partial charge in [0.25, 0.3) is 0 Å². The molecule has 0 aromatic heterocycles. The van der Waals surface area contributed by atoms with Gasteiger partial charge in [-0.15, -0.1) is 0 Å². The van der Waals surface area contributed by atoms with Gasteiger partial charge in [0.15, 0.2) is 0 Å². The third kappa shape index (κ3) is 1.27. The van der Waals surface area contributed by atoms with Crippen LogP contribution in [0.1, 0.15) is 33.1 Å². The number of hydrogen-bond donors (Lipinski definition) is 0. The van der Waals surface area contributed by atoms with E-state index < -0.39 is 0 Å². The molecule has 0 saturated heterocycles. The molecule has 0 N–H and O–H groups in total. The summed E-state index contributed by atoms with van der Waals surface area (Å²) in [5.41, 5.74) is 0.133. The van der Waals surface area contributed by atoms with Gasteiger partial charge in [-0.25, -0.2) is 0 Å². The van der Waals surface area contributed by atoms with Crippen molar-refractivity contribution in [2.75, 3.05) is 0 Å². The lowest BCUT2D eigenvalue weighted by atomic mass is 9.53. The zero-order chi connectivity index (χ0) is 9.64. The quantitative estimate of drug-likeness (QED) is 0.569. The van der Waals surface area contributed by atoms with Gasteiger partial charge < -0.3 is 0 Å². The molecule has 2 heteroatoms. The molecular weight excluding hydrogens is 162 g/mol. The highest BCUT2D eigenvalue weighted by molar-refractivity contribution is 5.84. The number of ketones is 1. The van der Waals surface area contributed by atoms with E-state index in [1.54, 1.807) is 0 Å². The molecule has 70 valence electrons. The van der Waals surface area contributed by atoms with Crippen LogP contribution >= 0.6 is 0 Å². The minimum atomic E-state index is 0.133. The van der Waals surface area contributed by atoms with Crippen molar-refractivity contribution in [1.82, 2.24) is 0 Å². The summed E-state index contributed by atoms with van der Waals surface area (Å²) in [6, 6.07) is 2.31. The lowest BCUT2D eigenvalue weighted by Gasteiger charge is -2.48. The second-order valence-corrected chi connectivity index (χ2v) is 5.25. The number of nitriles is 1. The Hall–Kier alpha value is -0.840. The molecule has 2 rings (SSSR count). The Morgan fingerprint density at radius 3 is 2.85 bits per heavy atom. The molecule has 13 heavy (non-hydrogen) atoms. The number of nitrogens with zero attached hydrogens (tertiary/aromatic N) is 1. The van der Waals surface area contributed by atoms with Gasteiger partial charge in [0.1, 0.15) is 5.78 Å². The van der Waals surface area contributed by atoms with Crippen molar-refractivity contribution < 1.29 is 4.79 Å². The summed E-state index contributed by atoms with van der Waals surface area (Å²) in [6.45, 7) is 4.27. The van der Waals surface area contributed by atoms with Gasteiger partial charge >= 0.3 is 0 Å². The number of carbonyl (C=O) groups is 1. The zero-order valence-corrected chi connectivity index (χ0v) is 8.21. The van der Waals surface area contributed by atoms with Crippen LogP contribution in [0.15, 0.2) is 0 Å². The van der Waals surface area contributed by atoms with E-state index in [1.807, 2.05) is 0 Å². The van der Waals surface area contributed by atoms with Crippen molar-refractivity contribution in [3.8, 4) is 6.07 Å². The van der Waals surface area contributed by atoms with Crippen LogP contribution in [0, 0.1) is 34.5 Å². The molecule has 2 aliphatic rings. The van der Waals surface area contributed by atoms with E-state index in [2.05, 4.69) is 19.9 Å². The molecule has 2 aliphatic carbocycles. The van der Waals surface area contributed by atoms with Crippen LogP contribution in [0.3, 0.4) is 0 Å². The molecule has 0 aromatic carbocycles. The first-order valence-corrected chi connectivity index (χ1v) is 4.96. The summed E-state index contributed by atoms with van der Waals surface area (Å²) >= 11 is 0. The molecule has 2 nitrogen and oxygen atoms in total. The highest BCUT2D eigenvalue weighted by Gasteiger charge is 2.51. The highest BCUT2D eigenvalue weighted by Crippen LogP contribution is 2.52. The van der Waals surface area contributed by atoms with Crippen LogP contribution < -0.4 is 0 Å². The first kappa shape index (κ1) is 8.74. The summed E-state index contributed by atoms with van der Waals surface area (Å²) in [7, 11) is 0. The van der Waals surface area contributed by atoms with Crippen LogP contribution in [0.4, 0.5) is 0 Å². The molecule has 0 unspecified atom stereocenters. The van der Waals surface area contributed by atoms with Crippen molar-refractivity contribution in [3.63, 3.8) is 0 Å². The minimum absolute atomic E-state index is 0.133. The standard InChI is InChI=1S/C11H15NO/c1-11(2)4-9-7(6-12)3-8(9)10(13)5-11/h7-9H,3-5H2,1-2H3/t7-,8+,9+/m1/s1. The summed E-state index contributed by atoms with van der Waals surface area (Å²) in [5.74, 6) is 1.17. The summed E-state index contributed by atoms with van der Waals surface area (Å²) in [4.78, 5) is 11.6. The third-order valence-corrected chi connectivity index (χ3v) is 3.56. The molecule has 2 fully saturated rings. The fourth-order valence-electron chi connectivity index (χ4n) is 2.82. The summed E-state index contributed by atoms with van der Waals surface area (Å²) < 4.78 is 0. The number of hydrogen-bond acceptors (Lipinski definition) is 2. The Balaban J connectivity index is 2.14. The Labute approximate surface area is 78.9 Å². The molecule has 0 spiro atoms. The van der Waals surface area contributed by atoms with E-state index in [0.717, 1.165) is 12.8 Å². The van der Waals surface area contributed by atoms with Crippen molar-refractivity contribution in [3.05, 3.63) is 0 Å². The van der Waals surface area contributed by atoms with Crippen LogP contribution in [-0.4, -0.2) is 5.78 Å². The highest BCUT2D eigenvalue weighted by atomic mass is 16.1. The molecule has 3 atom stereocenters. The van der Waals surface area contributed by atoms with E-state index in [1.165, 1.54) is 0 Å². The van der Waals surface area contributed by atoms with Gasteiger partial charge in [0, 0.05) is 12.3 Å². The van der Waals surface area contributed by atoms with Gasteiger partial charge in [0.2, 0.25) is 0 Å². The monoisotopic (exact) mass is 177 g/mol. The maximum atomic E-state index is 11.6. The van der Waals surface area contributed by atoms with E-state index in [-0.39, 0.29) is 17.3 Å². The molecule has 0 aromatic rings. The van der Waals surface area contributed by atoms with E-state index in [0.29, 0.717) is 18.1 Å². The molecule has 0 aliphatic heterocycles. The first-order valence-electron chi connectivity index (χ1n) is 4.96. The van der Waals surface area contributed by atoms with Crippen LogP contribution in [0.5, 0.6) is 0 Å². The smallest absolute Gasteiger partial charge is 0.136 e. The van der Waals surface area contributed by atoms with Gasteiger partial charge in [-0.3, -0.25) is 4.79 Å². The molecule has 0 radical (unpaired) electrons. The Bertz CT molecular complexity index is 287. The number of carbonyl (C=O) groups excluding carboxylic acids is 1. The molecule has 0 heterocycles. The molecule has 0 bridgehead atoms. The average Bonchev–Trinajstić information content (AvgIpc) is 1.96. The predicted molar refractivity (Wildman–Crippen MR) is 48.7 cm³/mol. The number of rotatable bonds is 0. The SMILES string of the molecule is CC1(C)CC(=O)[C@H]2C[C@H](C#N)[C@@H]2C1. The lowest BCUT2D eigenvalue weighted by Crippen LogP contribution is -2.48. The van der Waals surface area contributed by atoms with E-state index in [9.17, 15) is 4.79 Å². The van der Waals surface area contributed by atoms with E-state index in [4.69, 9.17) is 5.26 Å². The zero-order valence-electron chi connectivity index (χ0n) is 8.21. The first-order chi connectivity index (χ1) is 6.03. The maximum absolute atomic E-state index is 11.6. The van der Waals surface area contributed by atoms with Gasteiger partial charge in [0.05, 0.1) is 12.0 Å². The lowest BCUT2D eigenvalue weighted by molar-refractivity contribution is -0.139. The Morgan fingerprint density at radius 2 is 2.23 bits per heavy atom.